The van der Waals surface area contributed by atoms with Gasteiger partial charge in [-0.1, -0.05) is 6.92 Å². The summed E-state index contributed by atoms with van der Waals surface area (Å²) in [7, 11) is 0.494. The van der Waals surface area contributed by atoms with Crippen LogP contribution in [-0.2, 0) is 15.9 Å². The number of hydrogen-bond donors (Lipinski definition) is 0. The average molecular weight is 325 g/mol. The summed E-state index contributed by atoms with van der Waals surface area (Å²) in [5.74, 6) is 0.353. The van der Waals surface area contributed by atoms with E-state index >= 15 is 0 Å². The van der Waals surface area contributed by atoms with Crippen molar-refractivity contribution in [1.29, 1.82) is 0 Å². The highest BCUT2D eigenvalue weighted by atomic mass is 35.5. The van der Waals surface area contributed by atoms with Gasteiger partial charge in [0, 0.05) is 24.5 Å². The van der Waals surface area contributed by atoms with Gasteiger partial charge in [0.2, 0.25) is 0 Å². The molecule has 0 radical (unpaired) electrons. The van der Waals surface area contributed by atoms with Crippen molar-refractivity contribution < 1.29 is 8.42 Å². The molecular weight excluding hydrogens is 304 g/mol. The highest BCUT2D eigenvalue weighted by Crippen LogP contribution is 2.26. The van der Waals surface area contributed by atoms with E-state index in [1.807, 2.05) is 25.9 Å². The number of hydrogen-bond acceptors (Lipinski definition) is 4. The molecule has 1 aromatic rings. The van der Waals surface area contributed by atoms with E-state index in [2.05, 4.69) is 0 Å². The van der Waals surface area contributed by atoms with Crippen molar-refractivity contribution in [2.24, 2.45) is 0 Å². The highest BCUT2D eigenvalue weighted by molar-refractivity contribution is 7.91. The van der Waals surface area contributed by atoms with Crippen molar-refractivity contribution in [3.63, 3.8) is 0 Å². The summed E-state index contributed by atoms with van der Waals surface area (Å²) in [6, 6.07) is 3.43. The Hall–Kier alpha value is -0.140. The minimum absolute atomic E-state index is 0.353. The number of likely N-dealkylation sites (N-methyl/N-ethyl adjacent to an activating group) is 1. The topological polar surface area (TPSA) is 40.6 Å². The monoisotopic (exact) mass is 324 g/mol. The molecule has 1 heterocycles. The van der Waals surface area contributed by atoms with E-state index in [4.69, 9.17) is 11.6 Å². The molecule has 0 aliphatic heterocycles. The van der Waals surface area contributed by atoms with Crippen LogP contribution in [0.4, 0.5) is 0 Å². The highest BCUT2D eigenvalue weighted by Gasteiger charge is 2.25. The Morgan fingerprint density at radius 2 is 1.89 bits per heavy atom. The van der Waals surface area contributed by atoms with Gasteiger partial charge in [-0.3, -0.25) is 0 Å². The lowest BCUT2D eigenvalue weighted by Gasteiger charge is -2.22. The van der Waals surface area contributed by atoms with Crippen molar-refractivity contribution in [2.45, 2.75) is 23.4 Å². The average Bonchev–Trinajstić information content (AvgIpc) is 2.83. The van der Waals surface area contributed by atoms with E-state index in [1.165, 1.54) is 11.3 Å². The van der Waals surface area contributed by atoms with Crippen molar-refractivity contribution in [2.75, 3.05) is 33.7 Å². The van der Waals surface area contributed by atoms with Crippen LogP contribution in [0.5, 0.6) is 0 Å². The molecule has 4 nitrogen and oxygen atoms in total. The van der Waals surface area contributed by atoms with E-state index < -0.39 is 10.0 Å². The second-order valence-electron chi connectivity index (χ2n) is 4.56. The molecule has 110 valence electrons. The molecule has 0 saturated carbocycles. The number of thiophene rings is 1. The van der Waals surface area contributed by atoms with Crippen LogP contribution in [0.25, 0.3) is 0 Å². The smallest absolute Gasteiger partial charge is 0.252 e. The zero-order valence-corrected chi connectivity index (χ0v) is 14.0. The molecule has 0 N–H and O–H groups in total. The molecule has 0 aromatic carbocycles. The zero-order chi connectivity index (χ0) is 14.5. The van der Waals surface area contributed by atoms with Crippen molar-refractivity contribution in [3.8, 4) is 0 Å². The minimum Gasteiger partial charge on any atom is -0.308 e. The summed E-state index contributed by atoms with van der Waals surface area (Å²) in [4.78, 5) is 2.86. The van der Waals surface area contributed by atoms with Gasteiger partial charge in [0.05, 0.1) is 5.88 Å². The first-order valence-corrected chi connectivity index (χ1v) is 9.00. The van der Waals surface area contributed by atoms with Gasteiger partial charge in [0.1, 0.15) is 4.21 Å². The third-order valence-electron chi connectivity index (χ3n) is 2.63. The molecule has 0 atom stereocenters. The third-order valence-corrected chi connectivity index (χ3v) is 6.53. The maximum Gasteiger partial charge on any atom is 0.252 e. The summed E-state index contributed by atoms with van der Waals surface area (Å²) in [5.41, 5.74) is 0. The van der Waals surface area contributed by atoms with E-state index in [9.17, 15) is 8.42 Å². The van der Waals surface area contributed by atoms with Gasteiger partial charge in [0.25, 0.3) is 10.0 Å². The predicted molar refractivity (Wildman–Crippen MR) is 81.5 cm³/mol. The molecule has 0 saturated heterocycles. The summed E-state index contributed by atoms with van der Waals surface area (Å²) in [6.07, 6.45) is 0.806. The van der Waals surface area contributed by atoms with Gasteiger partial charge >= 0.3 is 0 Å². The molecular formula is C12H21ClN2O2S2. The van der Waals surface area contributed by atoms with Gasteiger partial charge in [-0.15, -0.1) is 22.9 Å². The summed E-state index contributed by atoms with van der Waals surface area (Å²) in [5, 5.41) is 0. The Labute approximate surface area is 125 Å². The van der Waals surface area contributed by atoms with Crippen LogP contribution in [0.1, 0.15) is 18.2 Å². The van der Waals surface area contributed by atoms with Crippen LogP contribution in [-0.4, -0.2) is 51.4 Å². The van der Waals surface area contributed by atoms with E-state index in [0.29, 0.717) is 29.7 Å². The number of nitrogens with zero attached hydrogens (tertiary/aromatic N) is 2. The lowest BCUT2D eigenvalue weighted by molar-refractivity contribution is 0.333. The van der Waals surface area contributed by atoms with Crippen LogP contribution >= 0.6 is 22.9 Å². The van der Waals surface area contributed by atoms with Crippen LogP contribution in [0.2, 0.25) is 0 Å². The second kappa shape index (κ2) is 7.59. The molecule has 1 rings (SSSR count). The Morgan fingerprint density at radius 3 is 2.37 bits per heavy atom. The molecule has 0 unspecified atom stereocenters. The standard InChI is InChI=1S/C12H21ClN2O2S2/c1-4-7-15(9-8-14(2)3)19(16,17)12-6-5-11(10-13)18-12/h5-6H,4,7-10H2,1-3H3. The fourth-order valence-electron chi connectivity index (χ4n) is 1.61. The van der Waals surface area contributed by atoms with Gasteiger partial charge in [0.15, 0.2) is 0 Å². The molecule has 0 aliphatic rings. The molecule has 7 heteroatoms. The Morgan fingerprint density at radius 1 is 1.21 bits per heavy atom. The van der Waals surface area contributed by atoms with Crippen LogP contribution < -0.4 is 0 Å². The van der Waals surface area contributed by atoms with Gasteiger partial charge in [-0.2, -0.15) is 4.31 Å². The molecule has 0 aliphatic carbocycles. The molecule has 0 fully saturated rings. The lowest BCUT2D eigenvalue weighted by Crippen LogP contribution is -2.36. The van der Waals surface area contributed by atoms with Crippen LogP contribution in [0.3, 0.4) is 0 Å². The van der Waals surface area contributed by atoms with Gasteiger partial charge < -0.3 is 4.90 Å². The van der Waals surface area contributed by atoms with Crippen molar-refractivity contribution in [3.05, 3.63) is 17.0 Å². The van der Waals surface area contributed by atoms with Gasteiger partial charge in [-0.05, 0) is 32.6 Å². The first-order valence-electron chi connectivity index (χ1n) is 6.21. The Kier molecular flexibility index (Phi) is 6.76. The van der Waals surface area contributed by atoms with E-state index in [1.54, 1.807) is 16.4 Å². The van der Waals surface area contributed by atoms with Crippen molar-refractivity contribution in [1.82, 2.24) is 9.21 Å². The largest absolute Gasteiger partial charge is 0.308 e. The molecule has 19 heavy (non-hydrogen) atoms. The first kappa shape index (κ1) is 16.9. The number of alkyl halides is 1. The number of rotatable bonds is 8. The fraction of sp³-hybridized carbons (Fsp3) is 0.667. The number of sulfonamides is 1. The molecule has 0 bridgehead atoms. The van der Waals surface area contributed by atoms with Crippen LogP contribution in [0, 0.1) is 0 Å². The molecule has 1 aromatic heterocycles. The van der Waals surface area contributed by atoms with Gasteiger partial charge in [-0.25, -0.2) is 8.42 Å². The Bertz CT molecular complexity index is 486. The van der Waals surface area contributed by atoms with E-state index in [0.717, 1.165) is 11.3 Å². The Balaban J connectivity index is 2.91. The zero-order valence-electron chi connectivity index (χ0n) is 11.6. The maximum atomic E-state index is 12.5. The first-order chi connectivity index (χ1) is 8.91. The maximum absolute atomic E-state index is 12.5. The summed E-state index contributed by atoms with van der Waals surface area (Å²) >= 11 is 6.98. The van der Waals surface area contributed by atoms with Crippen molar-refractivity contribution >= 4 is 33.0 Å². The van der Waals surface area contributed by atoms with Crippen LogP contribution in [0.15, 0.2) is 16.3 Å². The fourth-order valence-corrected chi connectivity index (χ4v) is 4.74. The molecule has 0 amide bonds. The SMILES string of the molecule is CCCN(CCN(C)C)S(=O)(=O)c1ccc(CCl)s1. The number of halogens is 1. The minimum atomic E-state index is -3.38. The predicted octanol–water partition coefficient (Wildman–Crippen LogP) is 2.45. The lowest BCUT2D eigenvalue weighted by atomic mass is 10.4. The molecule has 0 spiro atoms. The quantitative estimate of drug-likeness (QED) is 0.690. The normalized spacial score (nSPS) is 12.5. The van der Waals surface area contributed by atoms with E-state index in [-0.39, 0.29) is 0 Å². The second-order valence-corrected chi connectivity index (χ2v) is 8.16. The summed E-state index contributed by atoms with van der Waals surface area (Å²) < 4.78 is 27.0. The summed E-state index contributed by atoms with van der Waals surface area (Å²) in [6.45, 7) is 3.76. The third kappa shape index (κ3) is 4.72.